The summed E-state index contributed by atoms with van der Waals surface area (Å²) in [5.74, 6) is -0.0417. The predicted octanol–water partition coefficient (Wildman–Crippen LogP) is 4.91. The molecular formula is C29H28N3O9Se+. The van der Waals surface area contributed by atoms with Crippen molar-refractivity contribution in [3.8, 4) is 17.2 Å². The Balaban J connectivity index is 1.44. The average Bonchev–Trinajstić information content (AvgIpc) is 3.41. The maximum absolute atomic E-state index is 13.1. The average molecular weight is 642 g/mol. The van der Waals surface area contributed by atoms with Crippen molar-refractivity contribution in [3.63, 3.8) is 0 Å². The van der Waals surface area contributed by atoms with E-state index in [9.17, 15) is 29.8 Å². The predicted molar refractivity (Wildman–Crippen MR) is 153 cm³/mol. The summed E-state index contributed by atoms with van der Waals surface area (Å²) in [6.07, 6.45) is 2.89. The molecule has 0 fully saturated rings. The Morgan fingerprint density at radius 1 is 0.952 bits per heavy atom. The van der Waals surface area contributed by atoms with Gasteiger partial charge in [0.25, 0.3) is 5.69 Å². The van der Waals surface area contributed by atoms with Crippen molar-refractivity contribution >= 4 is 47.3 Å². The molecule has 0 bridgehead atoms. The van der Waals surface area contributed by atoms with Crippen molar-refractivity contribution in [2.75, 3.05) is 14.2 Å². The van der Waals surface area contributed by atoms with E-state index in [1.165, 1.54) is 16.7 Å². The number of non-ortho nitro benzene ring substituents is 1. The van der Waals surface area contributed by atoms with Gasteiger partial charge in [-0.15, -0.1) is 0 Å². The summed E-state index contributed by atoms with van der Waals surface area (Å²) in [5.41, 5.74) is -0.0295. The van der Waals surface area contributed by atoms with Crippen LogP contribution in [0.15, 0.2) is 60.9 Å². The number of fused-ring (bicyclic) bond motifs is 1. The van der Waals surface area contributed by atoms with Gasteiger partial charge in [-0.05, 0) is 0 Å². The van der Waals surface area contributed by atoms with Gasteiger partial charge in [0, 0.05) is 12.1 Å². The monoisotopic (exact) mass is 642 g/mol. The van der Waals surface area contributed by atoms with Crippen LogP contribution in [0.1, 0.15) is 47.6 Å². The number of aromatic nitrogens is 1. The molecule has 13 heteroatoms. The fourth-order valence-electron chi connectivity index (χ4n) is 4.42. The zero-order chi connectivity index (χ0) is 30.6. The van der Waals surface area contributed by atoms with Crippen LogP contribution in [-0.4, -0.2) is 50.3 Å². The van der Waals surface area contributed by atoms with Crippen molar-refractivity contribution in [3.05, 3.63) is 91.2 Å². The number of Topliss-reactive ketones (excluding diaryl/α,β-unsaturated/α-hetero) is 1. The molecule has 2 heterocycles. The SMILES string of the molecule is CC[C@H](CC(=O)c1cc2cc(OC)c(OC)cc2[se]1)C(=O)OC(C)c1cc[n+](-c2ccc([N+](=O)[O-])cc2[N+](=O)[O-])cc1. The van der Waals surface area contributed by atoms with E-state index in [0.29, 0.717) is 27.9 Å². The Morgan fingerprint density at radius 2 is 1.62 bits per heavy atom. The number of ether oxygens (including phenoxy) is 3. The third-order valence-electron chi connectivity index (χ3n) is 6.82. The van der Waals surface area contributed by atoms with E-state index < -0.39 is 33.5 Å². The number of methoxy groups -OCH3 is 2. The summed E-state index contributed by atoms with van der Waals surface area (Å²) in [6.45, 7) is 3.52. The van der Waals surface area contributed by atoms with E-state index in [1.54, 1.807) is 45.7 Å². The van der Waals surface area contributed by atoms with E-state index in [4.69, 9.17) is 14.2 Å². The minimum absolute atomic E-state index is 0.0243. The normalized spacial score (nSPS) is 12.4. The Bertz CT molecular complexity index is 1630. The van der Waals surface area contributed by atoms with Crippen LogP contribution < -0.4 is 14.0 Å². The summed E-state index contributed by atoms with van der Waals surface area (Å²) in [5, 5.41) is 23.4. The molecule has 0 saturated carbocycles. The molecule has 2 aromatic carbocycles. The summed E-state index contributed by atoms with van der Waals surface area (Å²) in [4.78, 5) is 47.3. The van der Waals surface area contributed by atoms with Gasteiger partial charge < -0.3 is 0 Å². The van der Waals surface area contributed by atoms with Crippen LogP contribution in [0.2, 0.25) is 0 Å². The molecule has 0 aliphatic carbocycles. The number of rotatable bonds is 12. The van der Waals surface area contributed by atoms with Crippen molar-refractivity contribution in [2.24, 2.45) is 5.92 Å². The van der Waals surface area contributed by atoms with Crippen LogP contribution in [0, 0.1) is 26.1 Å². The summed E-state index contributed by atoms with van der Waals surface area (Å²) >= 11 is -0.223. The van der Waals surface area contributed by atoms with Crippen molar-refractivity contribution in [1.29, 1.82) is 0 Å². The molecule has 4 aromatic rings. The van der Waals surface area contributed by atoms with Crippen molar-refractivity contribution in [2.45, 2.75) is 32.8 Å². The van der Waals surface area contributed by atoms with Gasteiger partial charge >= 0.3 is 193 Å². The molecule has 1 unspecified atom stereocenters. The first-order valence-corrected chi connectivity index (χ1v) is 14.6. The minimum atomic E-state index is -0.697. The number of nitrogens with zero attached hydrogens (tertiary/aromatic N) is 3. The Kier molecular flexibility index (Phi) is 9.34. The fourth-order valence-corrected chi connectivity index (χ4v) is 6.56. The van der Waals surface area contributed by atoms with Gasteiger partial charge in [0.1, 0.15) is 6.07 Å². The number of ketones is 1. The molecule has 0 aliphatic rings. The standard InChI is InChI=1S/C29H28N3O9Se/c1-5-18(12-24(33)28-14-20-13-25(39-3)26(40-4)16-27(20)42-28)29(34)41-17(2)19-8-10-30(11-9-19)22-7-6-21(31(35)36)15-23(22)32(37)38/h6-11,13-18H,5,12H2,1-4H3/q+1/t17?,18-/m1/s1. The molecule has 2 aromatic heterocycles. The molecule has 12 nitrogen and oxygen atoms in total. The van der Waals surface area contributed by atoms with Gasteiger partial charge in [0.2, 0.25) is 0 Å². The maximum atomic E-state index is 13.1. The fraction of sp³-hybridized carbons (Fsp3) is 0.276. The van der Waals surface area contributed by atoms with Crippen LogP contribution >= 0.6 is 0 Å². The number of benzene rings is 2. The number of carbonyl (C=O) groups is 2. The second kappa shape index (κ2) is 12.9. The second-order valence-corrected chi connectivity index (χ2v) is 11.7. The van der Waals surface area contributed by atoms with Crippen LogP contribution in [0.3, 0.4) is 0 Å². The Morgan fingerprint density at radius 3 is 2.21 bits per heavy atom. The first-order chi connectivity index (χ1) is 20.1. The number of nitro benzene ring substituents is 2. The zero-order valence-electron chi connectivity index (χ0n) is 23.3. The van der Waals surface area contributed by atoms with Gasteiger partial charge in [-0.2, -0.15) is 0 Å². The Labute approximate surface area is 246 Å². The quantitative estimate of drug-likeness (QED) is 0.0525. The zero-order valence-corrected chi connectivity index (χ0v) is 25.0. The number of nitro groups is 2. The Hall–Kier alpha value is -4.61. The molecule has 0 amide bonds. The second-order valence-electron chi connectivity index (χ2n) is 9.39. The van der Waals surface area contributed by atoms with E-state index in [1.807, 2.05) is 25.1 Å². The third kappa shape index (κ3) is 6.48. The van der Waals surface area contributed by atoms with E-state index >= 15 is 0 Å². The number of esters is 1. The number of hydrogen-bond donors (Lipinski definition) is 0. The molecule has 42 heavy (non-hydrogen) atoms. The molecule has 0 N–H and O–H groups in total. The molecular weight excluding hydrogens is 613 g/mol. The molecule has 0 radical (unpaired) electrons. The first-order valence-electron chi connectivity index (χ1n) is 12.9. The third-order valence-corrected chi connectivity index (χ3v) is 9.21. The molecule has 218 valence electrons. The summed E-state index contributed by atoms with van der Waals surface area (Å²) in [7, 11) is 3.11. The van der Waals surface area contributed by atoms with Crippen LogP contribution in [-0.2, 0) is 9.53 Å². The van der Waals surface area contributed by atoms with Crippen molar-refractivity contribution in [1.82, 2.24) is 0 Å². The van der Waals surface area contributed by atoms with E-state index in [2.05, 4.69) is 0 Å². The van der Waals surface area contributed by atoms with E-state index in [-0.39, 0.29) is 38.1 Å². The van der Waals surface area contributed by atoms with Crippen LogP contribution in [0.4, 0.5) is 11.4 Å². The molecule has 0 aliphatic heterocycles. The molecule has 2 atom stereocenters. The topological polar surface area (TPSA) is 152 Å². The number of pyridine rings is 1. The van der Waals surface area contributed by atoms with Crippen molar-refractivity contribution < 1.29 is 38.2 Å². The number of hydrogen-bond acceptors (Lipinski definition) is 9. The van der Waals surface area contributed by atoms with Crippen LogP contribution in [0.25, 0.3) is 15.3 Å². The summed E-state index contributed by atoms with van der Waals surface area (Å²) < 4.78 is 19.5. The molecule has 0 saturated heterocycles. The number of carbonyl (C=O) groups excluding carboxylic acids is 2. The first kappa shape index (κ1) is 30.4. The van der Waals surface area contributed by atoms with Gasteiger partial charge in [0.05, 0.1) is 9.85 Å². The van der Waals surface area contributed by atoms with Gasteiger partial charge in [-0.3, -0.25) is 20.2 Å². The van der Waals surface area contributed by atoms with Crippen LogP contribution in [0.5, 0.6) is 11.5 Å². The van der Waals surface area contributed by atoms with Gasteiger partial charge in [-0.25, -0.2) is 0 Å². The van der Waals surface area contributed by atoms with Gasteiger partial charge in [-0.1, -0.05) is 0 Å². The molecule has 4 rings (SSSR count). The molecule has 0 spiro atoms. The summed E-state index contributed by atoms with van der Waals surface area (Å²) in [6, 6.07) is 12.2. The van der Waals surface area contributed by atoms with Gasteiger partial charge in [0.15, 0.2) is 0 Å². The van der Waals surface area contributed by atoms with E-state index in [0.717, 1.165) is 15.7 Å².